The minimum atomic E-state index is -0.962. The predicted molar refractivity (Wildman–Crippen MR) is 76.6 cm³/mol. The molecule has 0 aliphatic heterocycles. The van der Waals surface area contributed by atoms with Crippen LogP contribution >= 0.6 is 15.9 Å². The molecule has 0 aliphatic rings. The van der Waals surface area contributed by atoms with E-state index in [9.17, 15) is 5.11 Å². The Labute approximate surface area is 125 Å². The Hall–Kier alpha value is -1.66. The van der Waals surface area contributed by atoms with E-state index in [-0.39, 0.29) is 0 Å². The second-order valence-electron chi connectivity index (χ2n) is 3.97. The normalized spacial score (nSPS) is 12.1. The molecule has 1 N–H and O–H groups in total. The van der Waals surface area contributed by atoms with Crippen molar-refractivity contribution in [1.29, 1.82) is 0 Å². The Balaban J connectivity index is 2.51. The Morgan fingerprint density at radius 3 is 2.20 bits per heavy atom. The first-order chi connectivity index (χ1) is 9.62. The summed E-state index contributed by atoms with van der Waals surface area (Å²) in [6.45, 7) is 0. The lowest BCUT2D eigenvalue weighted by Gasteiger charge is -2.18. The largest absolute Gasteiger partial charge is 0.493 e. The van der Waals surface area contributed by atoms with Gasteiger partial charge in [-0.05, 0) is 40.2 Å². The van der Waals surface area contributed by atoms with E-state index < -0.39 is 6.10 Å². The van der Waals surface area contributed by atoms with Gasteiger partial charge in [0, 0.05) is 5.56 Å². The van der Waals surface area contributed by atoms with Crippen LogP contribution in [0.3, 0.4) is 0 Å². The molecule has 0 bridgehead atoms. The van der Waals surface area contributed by atoms with E-state index >= 15 is 0 Å². The summed E-state index contributed by atoms with van der Waals surface area (Å²) < 4.78 is 21.8. The number of hydrogen-bond donors (Lipinski definition) is 1. The summed E-state index contributed by atoms with van der Waals surface area (Å²) in [7, 11) is 4.56. The molecule has 1 unspecified atom stereocenters. The van der Waals surface area contributed by atoms with Crippen LogP contribution in [0.2, 0.25) is 0 Å². The monoisotopic (exact) mass is 342 g/mol. The van der Waals surface area contributed by atoms with Crippen molar-refractivity contribution in [1.82, 2.24) is 0 Å². The number of methoxy groups -OCH3 is 3. The summed E-state index contributed by atoms with van der Waals surface area (Å²) in [6, 6.07) is 6.82. The Morgan fingerprint density at radius 1 is 1.00 bits per heavy atom. The van der Waals surface area contributed by atoms with Crippen molar-refractivity contribution in [3.8, 4) is 17.2 Å². The molecule has 0 saturated carbocycles. The quantitative estimate of drug-likeness (QED) is 0.904. The summed E-state index contributed by atoms with van der Waals surface area (Å²) in [6.07, 6.45) is -0.962. The molecule has 0 spiro atoms. The van der Waals surface area contributed by atoms with Crippen molar-refractivity contribution in [2.24, 2.45) is 0 Å². The Kier molecular flexibility index (Phi) is 4.57. The fraction of sp³-hybridized carbons (Fsp3) is 0.286. The number of halogens is 1. The van der Waals surface area contributed by atoms with E-state index in [0.717, 1.165) is 0 Å². The number of aliphatic hydroxyl groups is 1. The van der Waals surface area contributed by atoms with Gasteiger partial charge in [0.25, 0.3) is 0 Å². The van der Waals surface area contributed by atoms with Crippen molar-refractivity contribution < 1.29 is 23.7 Å². The maximum absolute atomic E-state index is 10.4. The minimum absolute atomic E-state index is 0.405. The second-order valence-corrected chi connectivity index (χ2v) is 4.75. The summed E-state index contributed by atoms with van der Waals surface area (Å²) in [5, 5.41) is 10.4. The van der Waals surface area contributed by atoms with E-state index in [1.54, 1.807) is 24.3 Å². The van der Waals surface area contributed by atoms with E-state index in [1.165, 1.54) is 21.3 Å². The smallest absolute Gasteiger partial charge is 0.203 e. The number of hydrogen-bond acceptors (Lipinski definition) is 5. The number of ether oxygens (including phenoxy) is 3. The molecule has 0 amide bonds. The van der Waals surface area contributed by atoms with Crippen molar-refractivity contribution in [2.75, 3.05) is 21.3 Å². The third kappa shape index (κ3) is 2.62. The number of aliphatic hydroxyl groups excluding tert-OH is 1. The molecule has 108 valence electrons. The number of furan rings is 1. The molecule has 1 atom stereocenters. The highest BCUT2D eigenvalue weighted by atomic mass is 79.9. The van der Waals surface area contributed by atoms with Gasteiger partial charge in [-0.15, -0.1) is 0 Å². The molecule has 5 nitrogen and oxygen atoms in total. The van der Waals surface area contributed by atoms with Crippen LogP contribution in [-0.4, -0.2) is 26.4 Å². The molecule has 1 aromatic heterocycles. The molecule has 2 rings (SSSR count). The second kappa shape index (κ2) is 6.19. The summed E-state index contributed by atoms with van der Waals surface area (Å²) in [4.78, 5) is 0. The molecule has 1 heterocycles. The van der Waals surface area contributed by atoms with E-state index in [1.807, 2.05) is 0 Å². The average Bonchev–Trinajstić information content (AvgIpc) is 2.91. The molecule has 0 radical (unpaired) electrons. The number of benzene rings is 1. The first-order valence-electron chi connectivity index (χ1n) is 5.84. The van der Waals surface area contributed by atoms with Gasteiger partial charge in [0.15, 0.2) is 16.2 Å². The minimum Gasteiger partial charge on any atom is -0.493 e. The van der Waals surface area contributed by atoms with Gasteiger partial charge in [-0.25, -0.2) is 0 Å². The van der Waals surface area contributed by atoms with Crippen LogP contribution in [0.1, 0.15) is 17.4 Å². The zero-order valence-corrected chi connectivity index (χ0v) is 12.9. The molecule has 20 heavy (non-hydrogen) atoms. The van der Waals surface area contributed by atoms with Gasteiger partial charge in [0.05, 0.1) is 21.3 Å². The molecule has 0 fully saturated rings. The summed E-state index contributed by atoms with van der Waals surface area (Å²) in [5.74, 6) is 1.77. The van der Waals surface area contributed by atoms with Crippen LogP contribution in [0.15, 0.2) is 33.4 Å². The van der Waals surface area contributed by atoms with E-state index in [0.29, 0.717) is 33.2 Å². The van der Waals surface area contributed by atoms with Gasteiger partial charge >= 0.3 is 0 Å². The fourth-order valence-corrected chi connectivity index (χ4v) is 2.29. The highest BCUT2D eigenvalue weighted by Crippen LogP contribution is 2.43. The van der Waals surface area contributed by atoms with Gasteiger partial charge in [0.1, 0.15) is 11.9 Å². The van der Waals surface area contributed by atoms with Crippen LogP contribution < -0.4 is 14.2 Å². The Morgan fingerprint density at radius 2 is 1.70 bits per heavy atom. The highest BCUT2D eigenvalue weighted by Gasteiger charge is 2.23. The van der Waals surface area contributed by atoms with Crippen LogP contribution in [-0.2, 0) is 0 Å². The van der Waals surface area contributed by atoms with E-state index in [4.69, 9.17) is 18.6 Å². The lowest BCUT2D eigenvalue weighted by Crippen LogP contribution is -2.04. The Bertz CT molecular complexity index is 593. The molecule has 0 saturated heterocycles. The SMILES string of the molecule is COc1ccc(C(O)c2ccc(Br)o2)c(OC)c1OC. The maximum atomic E-state index is 10.4. The standard InChI is InChI=1S/C14H15BrO5/c1-17-10-5-4-8(13(18-2)14(10)19-3)12(16)9-6-7-11(15)20-9/h4-7,12,16H,1-3H3. The summed E-state index contributed by atoms with van der Waals surface area (Å²) >= 11 is 3.21. The van der Waals surface area contributed by atoms with Crippen molar-refractivity contribution in [3.63, 3.8) is 0 Å². The van der Waals surface area contributed by atoms with Gasteiger partial charge in [-0.1, -0.05) is 0 Å². The summed E-state index contributed by atoms with van der Waals surface area (Å²) in [5.41, 5.74) is 0.534. The lowest BCUT2D eigenvalue weighted by atomic mass is 10.0. The van der Waals surface area contributed by atoms with Crippen LogP contribution in [0.25, 0.3) is 0 Å². The topological polar surface area (TPSA) is 61.1 Å². The highest BCUT2D eigenvalue weighted by molar-refractivity contribution is 9.10. The van der Waals surface area contributed by atoms with Gasteiger partial charge in [0.2, 0.25) is 5.75 Å². The molecular weight excluding hydrogens is 328 g/mol. The third-order valence-electron chi connectivity index (χ3n) is 2.89. The maximum Gasteiger partial charge on any atom is 0.203 e. The molecular formula is C14H15BrO5. The first kappa shape index (κ1) is 14.7. The lowest BCUT2D eigenvalue weighted by molar-refractivity contribution is 0.182. The van der Waals surface area contributed by atoms with Crippen LogP contribution in [0.5, 0.6) is 17.2 Å². The van der Waals surface area contributed by atoms with Gasteiger partial charge < -0.3 is 23.7 Å². The predicted octanol–water partition coefficient (Wildman–Crippen LogP) is 3.15. The molecule has 0 aliphatic carbocycles. The fourth-order valence-electron chi connectivity index (χ4n) is 1.97. The van der Waals surface area contributed by atoms with Gasteiger partial charge in [-0.2, -0.15) is 0 Å². The van der Waals surface area contributed by atoms with Gasteiger partial charge in [-0.3, -0.25) is 0 Å². The van der Waals surface area contributed by atoms with Crippen LogP contribution in [0.4, 0.5) is 0 Å². The van der Waals surface area contributed by atoms with Crippen molar-refractivity contribution in [3.05, 3.63) is 40.3 Å². The molecule has 2 aromatic rings. The first-order valence-corrected chi connectivity index (χ1v) is 6.63. The third-order valence-corrected chi connectivity index (χ3v) is 3.32. The number of rotatable bonds is 5. The zero-order valence-electron chi connectivity index (χ0n) is 11.3. The van der Waals surface area contributed by atoms with Crippen LogP contribution in [0, 0.1) is 0 Å². The molecule has 6 heteroatoms. The molecule has 1 aromatic carbocycles. The van der Waals surface area contributed by atoms with E-state index in [2.05, 4.69) is 15.9 Å². The van der Waals surface area contributed by atoms with Crippen molar-refractivity contribution >= 4 is 15.9 Å². The average molecular weight is 343 g/mol. The van der Waals surface area contributed by atoms with Crippen molar-refractivity contribution in [2.45, 2.75) is 6.10 Å². The zero-order chi connectivity index (χ0) is 14.7.